The van der Waals surface area contributed by atoms with Crippen LogP contribution in [0.5, 0.6) is 0 Å². The van der Waals surface area contributed by atoms with Crippen molar-refractivity contribution >= 4 is 12.4 Å². The van der Waals surface area contributed by atoms with Gasteiger partial charge in [0.05, 0.1) is 38.6 Å². The summed E-state index contributed by atoms with van der Waals surface area (Å²) in [6.45, 7) is 3.46. The predicted molar refractivity (Wildman–Crippen MR) is 142 cm³/mol. The van der Waals surface area contributed by atoms with Crippen LogP contribution in [-0.2, 0) is 0 Å². The summed E-state index contributed by atoms with van der Waals surface area (Å²) in [7, 11) is 0. The quantitative estimate of drug-likeness (QED) is 0.341. The van der Waals surface area contributed by atoms with Crippen LogP contribution in [0.15, 0.2) is 119 Å². The lowest BCUT2D eigenvalue weighted by atomic mass is 10.0. The van der Waals surface area contributed by atoms with Crippen molar-refractivity contribution in [2.45, 2.75) is 0 Å². The van der Waals surface area contributed by atoms with E-state index >= 15 is 0 Å². The molecule has 4 heteroatoms. The fraction of sp³-hybridized carbons (Fsp3) is 0.133. The monoisotopic (exact) mass is 444 g/mol. The second kappa shape index (κ2) is 10.6. The molecule has 0 atom stereocenters. The van der Waals surface area contributed by atoms with Crippen LogP contribution in [0.2, 0.25) is 0 Å². The maximum atomic E-state index is 4.68. The van der Waals surface area contributed by atoms with Crippen LogP contribution in [0.3, 0.4) is 0 Å². The van der Waals surface area contributed by atoms with Crippen molar-refractivity contribution in [3.05, 3.63) is 120 Å². The van der Waals surface area contributed by atoms with Gasteiger partial charge in [-0.25, -0.2) is 0 Å². The summed E-state index contributed by atoms with van der Waals surface area (Å²) in [5, 5.41) is 13.6. The van der Waals surface area contributed by atoms with Gasteiger partial charge in [-0.15, -0.1) is 0 Å². The van der Waals surface area contributed by atoms with Gasteiger partial charge in [-0.05, 0) is 33.4 Å². The smallest absolute Gasteiger partial charge is 0.0553 e. The molecule has 34 heavy (non-hydrogen) atoms. The molecule has 4 aromatic rings. The molecular formula is C30H28N4. The summed E-state index contributed by atoms with van der Waals surface area (Å²) in [5.41, 5.74) is 7.13. The van der Waals surface area contributed by atoms with Crippen LogP contribution in [0.25, 0.3) is 22.3 Å². The van der Waals surface area contributed by atoms with E-state index in [1.54, 1.807) is 0 Å². The second-order valence-electron chi connectivity index (χ2n) is 8.37. The van der Waals surface area contributed by atoms with Crippen LogP contribution in [0.4, 0.5) is 0 Å². The van der Waals surface area contributed by atoms with E-state index in [0.717, 1.165) is 37.3 Å². The van der Waals surface area contributed by atoms with Crippen LogP contribution < -0.4 is 0 Å². The van der Waals surface area contributed by atoms with Crippen molar-refractivity contribution in [3.8, 4) is 22.3 Å². The van der Waals surface area contributed by atoms with Crippen molar-refractivity contribution in [2.75, 3.05) is 26.2 Å². The molecule has 5 rings (SSSR count). The van der Waals surface area contributed by atoms with Crippen molar-refractivity contribution in [2.24, 2.45) is 10.2 Å². The molecule has 168 valence electrons. The molecule has 0 aromatic heterocycles. The Morgan fingerprint density at radius 1 is 0.412 bits per heavy atom. The normalized spacial score (nSPS) is 14.2. The Bertz CT molecular complexity index is 1120. The minimum atomic E-state index is 0.864. The zero-order valence-electron chi connectivity index (χ0n) is 19.2. The molecule has 0 saturated carbocycles. The number of piperazine rings is 1. The van der Waals surface area contributed by atoms with Crippen molar-refractivity contribution in [3.63, 3.8) is 0 Å². The molecule has 1 aliphatic heterocycles. The molecule has 4 nitrogen and oxygen atoms in total. The molecule has 1 heterocycles. The Balaban J connectivity index is 1.11. The number of benzene rings is 4. The van der Waals surface area contributed by atoms with Gasteiger partial charge >= 0.3 is 0 Å². The van der Waals surface area contributed by atoms with Crippen molar-refractivity contribution in [1.82, 2.24) is 10.0 Å². The Morgan fingerprint density at radius 3 is 1.09 bits per heavy atom. The average Bonchev–Trinajstić information content (AvgIpc) is 2.93. The zero-order chi connectivity index (χ0) is 23.0. The van der Waals surface area contributed by atoms with E-state index in [-0.39, 0.29) is 0 Å². The Kier molecular flexibility index (Phi) is 6.77. The van der Waals surface area contributed by atoms with Gasteiger partial charge in [0.25, 0.3) is 0 Å². The highest BCUT2D eigenvalue weighted by Gasteiger charge is 2.13. The van der Waals surface area contributed by atoms with Gasteiger partial charge in [0.2, 0.25) is 0 Å². The molecule has 0 spiro atoms. The molecule has 0 N–H and O–H groups in total. The van der Waals surface area contributed by atoms with Crippen molar-refractivity contribution in [1.29, 1.82) is 0 Å². The SMILES string of the molecule is C(=NN1CCN(N=Cc2ccc(-c3ccccc3)cc2)CC1)c1ccc(-c2ccccc2)cc1. The summed E-state index contributed by atoms with van der Waals surface area (Å²) >= 11 is 0. The maximum Gasteiger partial charge on any atom is 0.0553 e. The fourth-order valence-corrected chi connectivity index (χ4v) is 4.00. The molecule has 0 amide bonds. The van der Waals surface area contributed by atoms with E-state index in [1.165, 1.54) is 22.3 Å². The molecule has 0 bridgehead atoms. The summed E-state index contributed by atoms with van der Waals surface area (Å²) in [6.07, 6.45) is 3.89. The van der Waals surface area contributed by atoms with Crippen LogP contribution in [0, 0.1) is 0 Å². The summed E-state index contributed by atoms with van der Waals surface area (Å²) < 4.78 is 0. The molecule has 1 aliphatic rings. The van der Waals surface area contributed by atoms with Crippen molar-refractivity contribution < 1.29 is 0 Å². The van der Waals surface area contributed by atoms with Gasteiger partial charge in [0.1, 0.15) is 0 Å². The predicted octanol–water partition coefficient (Wildman–Crippen LogP) is 6.01. The van der Waals surface area contributed by atoms with E-state index in [2.05, 4.69) is 117 Å². The third-order valence-electron chi connectivity index (χ3n) is 6.01. The summed E-state index contributed by atoms with van der Waals surface area (Å²) in [4.78, 5) is 0. The van der Waals surface area contributed by atoms with Crippen LogP contribution >= 0.6 is 0 Å². The van der Waals surface area contributed by atoms with Gasteiger partial charge in [0, 0.05) is 0 Å². The lowest BCUT2D eigenvalue weighted by Gasteiger charge is -2.31. The molecule has 1 fully saturated rings. The fourth-order valence-electron chi connectivity index (χ4n) is 4.00. The van der Waals surface area contributed by atoms with E-state index < -0.39 is 0 Å². The maximum absolute atomic E-state index is 4.68. The molecule has 4 aromatic carbocycles. The Morgan fingerprint density at radius 2 is 0.735 bits per heavy atom. The highest BCUT2D eigenvalue weighted by molar-refractivity contribution is 5.81. The molecule has 0 aliphatic carbocycles. The molecule has 1 saturated heterocycles. The van der Waals surface area contributed by atoms with Gasteiger partial charge in [0.15, 0.2) is 0 Å². The molecular weight excluding hydrogens is 416 g/mol. The average molecular weight is 445 g/mol. The standard InChI is InChI=1S/C30H28N4/c1-3-7-27(8-4-1)29-15-11-25(12-16-29)23-31-33-19-21-34(22-20-33)32-24-26-13-17-30(18-14-26)28-9-5-2-6-10-28/h1-18,23-24H,19-22H2. The summed E-state index contributed by atoms with van der Waals surface area (Å²) in [6, 6.07) is 37.9. The first-order valence-electron chi connectivity index (χ1n) is 11.7. The number of hydrazone groups is 2. The van der Waals surface area contributed by atoms with Gasteiger partial charge in [-0.1, -0.05) is 109 Å². The van der Waals surface area contributed by atoms with Gasteiger partial charge in [-0.3, -0.25) is 10.0 Å². The first kappa shape index (κ1) is 21.7. The summed E-state index contributed by atoms with van der Waals surface area (Å²) in [5.74, 6) is 0. The molecule has 0 radical (unpaired) electrons. The minimum absolute atomic E-state index is 0.864. The molecule has 0 unspecified atom stereocenters. The van der Waals surface area contributed by atoms with Crippen LogP contribution in [0.1, 0.15) is 11.1 Å². The Hall–Kier alpha value is -4.18. The minimum Gasteiger partial charge on any atom is -0.293 e. The lowest BCUT2D eigenvalue weighted by molar-refractivity contribution is 0.141. The third-order valence-corrected chi connectivity index (χ3v) is 6.01. The van der Waals surface area contributed by atoms with E-state index in [1.807, 2.05) is 24.6 Å². The highest BCUT2D eigenvalue weighted by atomic mass is 15.5. The Labute approximate surface area is 201 Å². The topological polar surface area (TPSA) is 31.2 Å². The first-order valence-corrected chi connectivity index (χ1v) is 11.7. The van der Waals surface area contributed by atoms with Crippen LogP contribution in [-0.4, -0.2) is 48.6 Å². The third kappa shape index (κ3) is 5.59. The van der Waals surface area contributed by atoms with E-state index in [4.69, 9.17) is 0 Å². The number of hydrogen-bond acceptors (Lipinski definition) is 4. The first-order chi connectivity index (χ1) is 16.8. The lowest BCUT2D eigenvalue weighted by Crippen LogP contribution is -2.41. The second-order valence-corrected chi connectivity index (χ2v) is 8.37. The van der Waals surface area contributed by atoms with E-state index in [0.29, 0.717) is 0 Å². The zero-order valence-corrected chi connectivity index (χ0v) is 19.2. The number of nitrogens with zero attached hydrogens (tertiary/aromatic N) is 4. The number of hydrogen-bond donors (Lipinski definition) is 0. The van der Waals surface area contributed by atoms with Gasteiger partial charge < -0.3 is 0 Å². The van der Waals surface area contributed by atoms with Gasteiger partial charge in [-0.2, -0.15) is 10.2 Å². The highest BCUT2D eigenvalue weighted by Crippen LogP contribution is 2.20. The number of rotatable bonds is 6. The van der Waals surface area contributed by atoms with E-state index in [9.17, 15) is 0 Å². The largest absolute Gasteiger partial charge is 0.293 e.